The summed E-state index contributed by atoms with van der Waals surface area (Å²) in [6.45, 7) is 9.27. The maximum atomic E-state index is 7.49. The molecule has 0 saturated heterocycles. The second kappa shape index (κ2) is 36.8. The standard InChI is InChI=1S/C72H106Br2N2O2S5/c1-5-9-13-17-21-25-29-33-37-41-47-71(48-42-38-34-30-26-22-18-14-10-6-2)57-51-61(79-67(57)69-59(77-71)53-63(73)81-69)55-45-46-56(66-65(55)75-83-76-66)62-52-58-68(80-62)70-60(54-64(74)82-70)78-72(58,49-43-39-35-31-27-23-19-15-11-7-3)50-44-40-36-32-28-24-20-16-12-8-4/h45-46,51-54H,5-44,47-50H2,1-4H3. The van der Waals surface area contributed by atoms with E-state index >= 15 is 0 Å². The van der Waals surface area contributed by atoms with Gasteiger partial charge in [0.2, 0.25) is 0 Å². The van der Waals surface area contributed by atoms with Crippen LogP contribution >= 0.6 is 88.9 Å². The molecule has 1 aromatic carbocycles. The lowest BCUT2D eigenvalue weighted by molar-refractivity contribution is 0.0395. The largest absolute Gasteiger partial charge is 0.481 e. The molecule has 2 aliphatic rings. The molecule has 8 rings (SSSR count). The molecule has 6 aromatic rings. The average Bonchev–Trinajstić information content (AvgIpc) is 1.91. The third-order valence-corrected chi connectivity index (χ3v) is 24.9. The first kappa shape index (κ1) is 67.3. The molecular formula is C72H106Br2N2O2S5. The van der Waals surface area contributed by atoms with Crippen LogP contribution in [0.5, 0.6) is 11.5 Å². The zero-order valence-electron chi connectivity index (χ0n) is 52.1. The fraction of sp³-hybridized carbons (Fsp3) is 0.694. The van der Waals surface area contributed by atoms with Crippen molar-refractivity contribution in [2.45, 2.75) is 321 Å². The van der Waals surface area contributed by atoms with Crippen LogP contribution in [0.25, 0.3) is 51.4 Å². The van der Waals surface area contributed by atoms with E-state index in [1.165, 1.54) is 320 Å². The highest BCUT2D eigenvalue weighted by molar-refractivity contribution is 9.11. The molecule has 0 N–H and O–H groups in total. The Bertz CT molecular complexity index is 2530. The van der Waals surface area contributed by atoms with E-state index in [0.29, 0.717) is 0 Å². The van der Waals surface area contributed by atoms with Gasteiger partial charge in [-0.3, -0.25) is 0 Å². The summed E-state index contributed by atoms with van der Waals surface area (Å²) in [5, 5.41) is 0. The lowest BCUT2D eigenvalue weighted by Gasteiger charge is -2.38. The normalized spacial score (nSPS) is 14.0. The van der Waals surface area contributed by atoms with Crippen LogP contribution in [0.15, 0.2) is 44.0 Å². The quantitative estimate of drug-likeness (QED) is 0.0357. The first-order valence-corrected chi connectivity index (χ1v) is 39.9. The van der Waals surface area contributed by atoms with Crippen LogP contribution in [0.3, 0.4) is 0 Å². The van der Waals surface area contributed by atoms with E-state index in [2.05, 4.69) is 96.0 Å². The third kappa shape index (κ3) is 19.4. The number of rotatable bonds is 46. The molecule has 0 atom stereocenters. The average molecular weight is 1350 g/mol. The van der Waals surface area contributed by atoms with Crippen molar-refractivity contribution in [1.29, 1.82) is 0 Å². The van der Waals surface area contributed by atoms with Crippen LogP contribution in [0, 0.1) is 0 Å². The topological polar surface area (TPSA) is 44.2 Å². The summed E-state index contributed by atoms with van der Waals surface area (Å²) in [5.41, 5.74) is 6.61. The summed E-state index contributed by atoms with van der Waals surface area (Å²) in [7, 11) is 0. The molecule has 2 aliphatic heterocycles. The molecule has 83 heavy (non-hydrogen) atoms. The van der Waals surface area contributed by atoms with Crippen LogP contribution in [-0.4, -0.2) is 8.75 Å². The van der Waals surface area contributed by atoms with Crippen molar-refractivity contribution in [1.82, 2.24) is 8.75 Å². The molecular weight excluding hydrogens is 1240 g/mol. The van der Waals surface area contributed by atoms with Gasteiger partial charge in [0.25, 0.3) is 0 Å². The minimum Gasteiger partial charge on any atom is -0.481 e. The molecule has 0 unspecified atom stereocenters. The molecule has 7 heterocycles. The van der Waals surface area contributed by atoms with Crippen molar-refractivity contribution < 1.29 is 9.47 Å². The van der Waals surface area contributed by atoms with Crippen LogP contribution in [-0.2, 0) is 11.2 Å². The minimum absolute atomic E-state index is 0.334. The minimum atomic E-state index is -0.334. The molecule has 0 radical (unpaired) electrons. The van der Waals surface area contributed by atoms with Crippen LogP contribution in [0.2, 0.25) is 0 Å². The predicted octanol–water partition coefficient (Wildman–Crippen LogP) is 28.5. The summed E-state index contributed by atoms with van der Waals surface area (Å²) in [6, 6.07) is 14.4. The number of thiophene rings is 4. The highest BCUT2D eigenvalue weighted by Crippen LogP contribution is 2.60. The fourth-order valence-electron chi connectivity index (χ4n) is 13.6. The van der Waals surface area contributed by atoms with Crippen LogP contribution < -0.4 is 9.47 Å². The summed E-state index contributed by atoms with van der Waals surface area (Å²) in [6.07, 6.45) is 58.0. The van der Waals surface area contributed by atoms with E-state index in [4.69, 9.17) is 18.2 Å². The molecule has 11 heteroatoms. The number of benzene rings is 1. The molecule has 4 nitrogen and oxygen atoms in total. The second-order valence-corrected chi connectivity index (χ2v) is 32.7. The van der Waals surface area contributed by atoms with Crippen molar-refractivity contribution in [3.05, 3.63) is 55.1 Å². The number of aromatic nitrogens is 2. The van der Waals surface area contributed by atoms with Gasteiger partial charge >= 0.3 is 0 Å². The highest BCUT2D eigenvalue weighted by atomic mass is 79.9. The van der Waals surface area contributed by atoms with Gasteiger partial charge in [0, 0.05) is 44.1 Å². The van der Waals surface area contributed by atoms with Gasteiger partial charge in [-0.1, -0.05) is 271 Å². The third-order valence-electron chi connectivity index (χ3n) is 18.5. The number of fused-ring (bicyclic) bond motifs is 7. The molecule has 0 amide bonds. The molecule has 0 bridgehead atoms. The fourth-order valence-corrected chi connectivity index (χ4v) is 20.0. The lowest BCUT2D eigenvalue weighted by atomic mass is 9.81. The summed E-state index contributed by atoms with van der Waals surface area (Å²) >= 11 is 16.8. The maximum Gasteiger partial charge on any atom is 0.141 e. The van der Waals surface area contributed by atoms with Crippen LogP contribution in [0.4, 0.5) is 0 Å². The Balaban J connectivity index is 1.05. The van der Waals surface area contributed by atoms with Gasteiger partial charge < -0.3 is 9.47 Å². The summed E-state index contributed by atoms with van der Waals surface area (Å²) in [4.78, 5) is 7.94. The number of nitrogens with zero attached hydrogens (tertiary/aromatic N) is 2. The smallest absolute Gasteiger partial charge is 0.141 e. The Kier molecular flexibility index (Phi) is 29.8. The number of hydrogen-bond donors (Lipinski definition) is 0. The van der Waals surface area contributed by atoms with Crippen molar-refractivity contribution in [2.75, 3.05) is 0 Å². The monoisotopic (exact) mass is 1350 g/mol. The Morgan fingerprint density at radius 1 is 0.337 bits per heavy atom. The molecule has 0 saturated carbocycles. The van der Waals surface area contributed by atoms with E-state index in [1.807, 2.05) is 45.3 Å². The molecule has 0 spiro atoms. The second-order valence-electron chi connectivity index (χ2n) is 25.2. The van der Waals surface area contributed by atoms with Crippen LogP contribution in [0.1, 0.15) is 321 Å². The van der Waals surface area contributed by atoms with Gasteiger partial charge in [-0.05, 0) is 95.4 Å². The number of hydrogen-bond acceptors (Lipinski definition) is 9. The Hall–Kier alpha value is -1.60. The predicted molar refractivity (Wildman–Crippen MR) is 377 cm³/mol. The number of unbranched alkanes of at least 4 members (excludes halogenated alkanes) is 36. The van der Waals surface area contributed by atoms with E-state index in [-0.39, 0.29) is 11.2 Å². The van der Waals surface area contributed by atoms with Crippen molar-refractivity contribution in [3.63, 3.8) is 0 Å². The summed E-state index contributed by atoms with van der Waals surface area (Å²) in [5.74, 6) is 2.14. The Morgan fingerprint density at radius 2 is 0.602 bits per heavy atom. The van der Waals surface area contributed by atoms with Gasteiger partial charge in [0.05, 0.1) is 38.8 Å². The van der Waals surface area contributed by atoms with E-state index in [9.17, 15) is 0 Å². The Labute approximate surface area is 541 Å². The SMILES string of the molecule is CCCCCCCCCCCCC1(CCCCCCCCCCCC)Oc2cc(Br)sc2-c2sc(-c3ccc(-c4cc5c(s4)-c4sc(Br)cc4OC5(CCCCCCCCCCCC)CCCCCCCCCCCC)c4nsnc34)cc21. The van der Waals surface area contributed by atoms with E-state index in [0.717, 1.165) is 55.8 Å². The number of ether oxygens (including phenoxy) is 2. The van der Waals surface area contributed by atoms with Crippen molar-refractivity contribution in [3.8, 4) is 51.9 Å². The van der Waals surface area contributed by atoms with Crippen molar-refractivity contribution >= 4 is 100.0 Å². The van der Waals surface area contributed by atoms with E-state index in [1.54, 1.807) is 0 Å². The first-order valence-electron chi connectivity index (χ1n) is 34.4. The molecule has 460 valence electrons. The lowest BCUT2D eigenvalue weighted by Crippen LogP contribution is -2.35. The van der Waals surface area contributed by atoms with Gasteiger partial charge in [-0.2, -0.15) is 8.75 Å². The number of halogens is 2. The highest BCUT2D eigenvalue weighted by Gasteiger charge is 2.45. The molecule has 0 fully saturated rings. The molecule has 5 aromatic heterocycles. The van der Waals surface area contributed by atoms with E-state index < -0.39 is 0 Å². The van der Waals surface area contributed by atoms with Gasteiger partial charge in [-0.25, -0.2) is 0 Å². The zero-order valence-corrected chi connectivity index (χ0v) is 59.3. The van der Waals surface area contributed by atoms with Gasteiger partial charge in [-0.15, -0.1) is 45.3 Å². The van der Waals surface area contributed by atoms with Gasteiger partial charge in [0.1, 0.15) is 33.7 Å². The van der Waals surface area contributed by atoms with Gasteiger partial charge in [0.15, 0.2) is 0 Å². The van der Waals surface area contributed by atoms with Crippen molar-refractivity contribution in [2.24, 2.45) is 0 Å². The summed E-state index contributed by atoms with van der Waals surface area (Å²) < 4.78 is 27.6. The Morgan fingerprint density at radius 3 is 0.880 bits per heavy atom. The zero-order chi connectivity index (χ0) is 58.0. The first-order chi connectivity index (χ1) is 40.8. The molecule has 0 aliphatic carbocycles. The maximum absolute atomic E-state index is 7.49.